The number of guanidine groups is 1. The highest BCUT2D eigenvalue weighted by atomic mass is 127. The van der Waals surface area contributed by atoms with Crippen LogP contribution in [0.3, 0.4) is 0 Å². The molecule has 0 rings (SSSR count). The fourth-order valence-corrected chi connectivity index (χ4v) is 1.35. The molecule has 0 heterocycles. The number of hydrogen-bond donors (Lipinski definition) is 2. The molecule has 116 valence electrons. The second-order valence-corrected chi connectivity index (χ2v) is 4.55. The summed E-state index contributed by atoms with van der Waals surface area (Å²) < 4.78 is 5.28. The van der Waals surface area contributed by atoms with Crippen molar-refractivity contribution in [3.05, 3.63) is 0 Å². The lowest BCUT2D eigenvalue weighted by Crippen LogP contribution is -2.42. The second kappa shape index (κ2) is 14.3. The van der Waals surface area contributed by atoms with Crippen LogP contribution in [0.25, 0.3) is 0 Å². The van der Waals surface area contributed by atoms with Crippen molar-refractivity contribution in [1.29, 1.82) is 0 Å². The Hall–Kier alpha value is -0.0800. The molecule has 5 nitrogen and oxygen atoms in total. The van der Waals surface area contributed by atoms with Gasteiger partial charge in [0.1, 0.15) is 0 Å². The zero-order valence-corrected chi connectivity index (χ0v) is 15.4. The average molecular weight is 386 g/mol. The van der Waals surface area contributed by atoms with Gasteiger partial charge in [0.15, 0.2) is 5.96 Å². The third-order valence-corrected chi connectivity index (χ3v) is 2.82. The Kier molecular flexibility index (Phi) is 16.0. The van der Waals surface area contributed by atoms with E-state index in [4.69, 9.17) is 4.74 Å². The van der Waals surface area contributed by atoms with Crippen LogP contribution in [0.1, 0.15) is 27.2 Å². The lowest BCUT2D eigenvalue weighted by Gasteiger charge is -2.21. The Labute approximate surface area is 135 Å². The lowest BCUT2D eigenvalue weighted by atomic mass is 10.3. The first-order chi connectivity index (χ1) is 8.61. The van der Waals surface area contributed by atoms with E-state index in [-0.39, 0.29) is 24.0 Å². The summed E-state index contributed by atoms with van der Waals surface area (Å²) in [5.74, 6) is 0.864. The normalized spacial score (nSPS) is 11.6. The molecule has 0 aromatic heterocycles. The zero-order chi connectivity index (χ0) is 13.8. The van der Waals surface area contributed by atoms with Gasteiger partial charge in [0, 0.05) is 45.9 Å². The maximum absolute atomic E-state index is 5.28. The van der Waals surface area contributed by atoms with Gasteiger partial charge in [0.2, 0.25) is 0 Å². The maximum atomic E-state index is 5.28. The van der Waals surface area contributed by atoms with Gasteiger partial charge in [0.05, 0.1) is 0 Å². The number of nitrogens with zero attached hydrogens (tertiary/aromatic N) is 2. The van der Waals surface area contributed by atoms with Crippen LogP contribution in [0.4, 0.5) is 0 Å². The van der Waals surface area contributed by atoms with E-state index in [1.807, 2.05) is 6.92 Å². The van der Waals surface area contributed by atoms with E-state index in [2.05, 4.69) is 41.4 Å². The molecule has 0 amide bonds. The summed E-state index contributed by atoms with van der Waals surface area (Å²) in [4.78, 5) is 6.48. The number of halogens is 1. The number of hydrogen-bond acceptors (Lipinski definition) is 3. The highest BCUT2D eigenvalue weighted by molar-refractivity contribution is 14.0. The van der Waals surface area contributed by atoms with Gasteiger partial charge in [-0.25, -0.2) is 0 Å². The van der Waals surface area contributed by atoms with Crippen molar-refractivity contribution in [3.8, 4) is 0 Å². The molecule has 0 aliphatic heterocycles. The van der Waals surface area contributed by atoms with E-state index < -0.39 is 0 Å². The van der Waals surface area contributed by atoms with Gasteiger partial charge >= 0.3 is 0 Å². The van der Waals surface area contributed by atoms with Gasteiger partial charge in [-0.1, -0.05) is 0 Å². The molecule has 0 unspecified atom stereocenters. The fourth-order valence-electron chi connectivity index (χ4n) is 1.35. The molecule has 0 aliphatic carbocycles. The standard InChI is InChI=1S/C13H30N4O.HI/c1-6-18-11-7-8-15-13(14-4)16-9-10-17(5)12(2)3;/h12H,6-11H2,1-5H3,(H2,14,15,16);1H. The molecule has 0 radical (unpaired) electrons. The highest BCUT2D eigenvalue weighted by Crippen LogP contribution is 1.90. The predicted octanol–water partition coefficient (Wildman–Crippen LogP) is 1.54. The molecule has 0 saturated heterocycles. The van der Waals surface area contributed by atoms with E-state index in [0.29, 0.717) is 6.04 Å². The van der Waals surface area contributed by atoms with E-state index in [0.717, 1.165) is 45.2 Å². The maximum Gasteiger partial charge on any atom is 0.191 e. The number of ether oxygens (including phenoxy) is 1. The summed E-state index contributed by atoms with van der Waals surface area (Å²) in [5.41, 5.74) is 0. The molecule has 0 bridgehead atoms. The molecule has 0 aromatic carbocycles. The Bertz CT molecular complexity index is 225. The van der Waals surface area contributed by atoms with Crippen LogP contribution in [-0.2, 0) is 4.74 Å². The van der Waals surface area contributed by atoms with Gasteiger partial charge in [-0.15, -0.1) is 24.0 Å². The van der Waals surface area contributed by atoms with Crippen LogP contribution >= 0.6 is 24.0 Å². The number of nitrogens with one attached hydrogen (secondary N) is 2. The molecular formula is C13H31IN4O. The molecule has 0 spiro atoms. The summed E-state index contributed by atoms with van der Waals surface area (Å²) in [6, 6.07) is 0.577. The SMILES string of the molecule is CCOCCCNC(=NC)NCCN(C)C(C)C.I. The zero-order valence-electron chi connectivity index (χ0n) is 13.0. The van der Waals surface area contributed by atoms with Gasteiger partial charge in [-0.3, -0.25) is 4.99 Å². The van der Waals surface area contributed by atoms with Crippen LogP contribution < -0.4 is 10.6 Å². The fraction of sp³-hybridized carbons (Fsp3) is 0.923. The van der Waals surface area contributed by atoms with Crippen molar-refractivity contribution in [3.63, 3.8) is 0 Å². The topological polar surface area (TPSA) is 48.9 Å². The number of rotatable bonds is 9. The van der Waals surface area contributed by atoms with E-state index in [9.17, 15) is 0 Å². The molecule has 0 fully saturated rings. The van der Waals surface area contributed by atoms with Crippen LogP contribution in [0.2, 0.25) is 0 Å². The van der Waals surface area contributed by atoms with E-state index in [1.54, 1.807) is 7.05 Å². The van der Waals surface area contributed by atoms with Gasteiger partial charge in [-0.2, -0.15) is 0 Å². The third-order valence-electron chi connectivity index (χ3n) is 2.82. The minimum atomic E-state index is 0. The van der Waals surface area contributed by atoms with Crippen molar-refractivity contribution in [1.82, 2.24) is 15.5 Å². The van der Waals surface area contributed by atoms with Crippen molar-refractivity contribution in [2.75, 3.05) is 46.9 Å². The molecule has 0 saturated carbocycles. The van der Waals surface area contributed by atoms with Crippen LogP contribution in [0.5, 0.6) is 0 Å². The van der Waals surface area contributed by atoms with Crippen LogP contribution in [-0.4, -0.2) is 63.8 Å². The van der Waals surface area contributed by atoms with Gasteiger partial charge < -0.3 is 20.3 Å². The summed E-state index contributed by atoms with van der Waals surface area (Å²) in [7, 11) is 3.93. The van der Waals surface area contributed by atoms with Crippen molar-refractivity contribution in [2.24, 2.45) is 4.99 Å². The Balaban J connectivity index is 0. The number of likely N-dealkylation sites (N-methyl/N-ethyl adjacent to an activating group) is 1. The Morgan fingerprint density at radius 2 is 1.89 bits per heavy atom. The molecule has 0 aliphatic rings. The van der Waals surface area contributed by atoms with Crippen molar-refractivity contribution in [2.45, 2.75) is 33.2 Å². The molecular weight excluding hydrogens is 355 g/mol. The summed E-state index contributed by atoms with van der Waals surface area (Å²) >= 11 is 0. The smallest absolute Gasteiger partial charge is 0.191 e. The van der Waals surface area contributed by atoms with E-state index >= 15 is 0 Å². The lowest BCUT2D eigenvalue weighted by molar-refractivity contribution is 0.145. The van der Waals surface area contributed by atoms with Crippen LogP contribution in [0.15, 0.2) is 4.99 Å². The average Bonchev–Trinajstić information content (AvgIpc) is 2.36. The first-order valence-corrected chi connectivity index (χ1v) is 6.84. The number of aliphatic imine (C=N–C) groups is 1. The van der Waals surface area contributed by atoms with Gasteiger partial charge in [-0.05, 0) is 34.2 Å². The van der Waals surface area contributed by atoms with Crippen molar-refractivity contribution < 1.29 is 4.74 Å². The summed E-state index contributed by atoms with van der Waals surface area (Å²) in [5, 5.41) is 6.57. The first kappa shape index (κ1) is 21.2. The molecule has 6 heteroatoms. The predicted molar refractivity (Wildman–Crippen MR) is 93.7 cm³/mol. The highest BCUT2D eigenvalue weighted by Gasteiger charge is 2.02. The second-order valence-electron chi connectivity index (χ2n) is 4.55. The Morgan fingerprint density at radius 1 is 1.26 bits per heavy atom. The minimum Gasteiger partial charge on any atom is -0.382 e. The molecule has 0 atom stereocenters. The molecule has 2 N–H and O–H groups in total. The third kappa shape index (κ3) is 12.7. The monoisotopic (exact) mass is 386 g/mol. The Morgan fingerprint density at radius 3 is 2.42 bits per heavy atom. The largest absolute Gasteiger partial charge is 0.382 e. The summed E-state index contributed by atoms with van der Waals surface area (Å²) in [6.07, 6.45) is 1.00. The van der Waals surface area contributed by atoms with E-state index in [1.165, 1.54) is 0 Å². The quantitative estimate of drug-likeness (QED) is 0.273. The van der Waals surface area contributed by atoms with Crippen LogP contribution in [0, 0.1) is 0 Å². The first-order valence-electron chi connectivity index (χ1n) is 6.84. The minimum absolute atomic E-state index is 0. The molecule has 0 aromatic rings. The summed E-state index contributed by atoms with van der Waals surface area (Å²) in [6.45, 7) is 10.8. The van der Waals surface area contributed by atoms with Gasteiger partial charge in [0.25, 0.3) is 0 Å². The molecule has 19 heavy (non-hydrogen) atoms. The van der Waals surface area contributed by atoms with Crippen molar-refractivity contribution >= 4 is 29.9 Å².